The molecule has 0 unspecified atom stereocenters. The molecular weight excluding hydrogens is 178 g/mol. The lowest BCUT2D eigenvalue weighted by Crippen LogP contribution is -2.27. The average Bonchev–Trinajstić information content (AvgIpc) is 2.51. The van der Waals surface area contributed by atoms with E-state index in [4.69, 9.17) is 0 Å². The van der Waals surface area contributed by atoms with Gasteiger partial charge in [-0.25, -0.2) is 0 Å². The van der Waals surface area contributed by atoms with Crippen LogP contribution in [0.15, 0.2) is 12.1 Å². The van der Waals surface area contributed by atoms with Crippen LogP contribution in [-0.4, -0.2) is 6.04 Å². The van der Waals surface area contributed by atoms with Gasteiger partial charge in [-0.05, 0) is 39.3 Å². The van der Waals surface area contributed by atoms with E-state index in [0.29, 0.717) is 12.1 Å². The molecule has 0 amide bonds. The third kappa shape index (κ3) is 3.12. The fourth-order valence-electron chi connectivity index (χ4n) is 1.31. The maximum absolute atomic E-state index is 3.57. The van der Waals surface area contributed by atoms with Crippen LogP contribution >= 0.6 is 11.3 Å². The van der Waals surface area contributed by atoms with Crippen LogP contribution in [-0.2, 0) is 0 Å². The molecule has 1 rings (SSSR count). The van der Waals surface area contributed by atoms with Crippen LogP contribution in [0.1, 0.15) is 43.0 Å². The number of thiophene rings is 1. The predicted octanol–water partition coefficient (Wildman–Crippen LogP) is 3.51. The van der Waals surface area contributed by atoms with Crippen molar-refractivity contribution < 1.29 is 0 Å². The van der Waals surface area contributed by atoms with Gasteiger partial charge < -0.3 is 5.32 Å². The molecule has 2 atom stereocenters. The highest BCUT2D eigenvalue weighted by molar-refractivity contribution is 7.12. The lowest BCUT2D eigenvalue weighted by molar-refractivity contribution is 0.474. The van der Waals surface area contributed by atoms with Gasteiger partial charge >= 0.3 is 0 Å². The largest absolute Gasteiger partial charge is 0.307 e. The van der Waals surface area contributed by atoms with Crippen molar-refractivity contribution in [3.63, 3.8) is 0 Å². The first-order valence-corrected chi connectivity index (χ1v) is 5.77. The standard InChI is InChI=1S/C11H19NS/c1-5-8(2)12-10(4)11-7-6-9(3)13-11/h6-8,10,12H,5H2,1-4H3/t8-,10+/m0/s1. The lowest BCUT2D eigenvalue weighted by atomic mass is 10.2. The molecule has 0 aromatic carbocycles. The zero-order valence-electron chi connectivity index (χ0n) is 8.92. The van der Waals surface area contributed by atoms with Gasteiger partial charge in [-0.15, -0.1) is 11.3 Å². The van der Waals surface area contributed by atoms with Crippen LogP contribution in [0, 0.1) is 6.92 Å². The van der Waals surface area contributed by atoms with Crippen molar-refractivity contribution in [3.8, 4) is 0 Å². The Labute approximate surface area is 85.2 Å². The van der Waals surface area contributed by atoms with E-state index in [0.717, 1.165) is 0 Å². The van der Waals surface area contributed by atoms with Crippen LogP contribution in [0.25, 0.3) is 0 Å². The highest BCUT2D eigenvalue weighted by Crippen LogP contribution is 2.22. The van der Waals surface area contributed by atoms with Gasteiger partial charge in [0, 0.05) is 21.8 Å². The molecule has 2 heteroatoms. The molecule has 0 fully saturated rings. The SMILES string of the molecule is CC[C@H](C)N[C@H](C)c1ccc(C)s1. The number of aryl methyl sites for hydroxylation is 1. The fraction of sp³-hybridized carbons (Fsp3) is 0.636. The molecule has 74 valence electrons. The van der Waals surface area contributed by atoms with Crippen molar-refractivity contribution in [1.82, 2.24) is 5.32 Å². The van der Waals surface area contributed by atoms with Gasteiger partial charge in [0.15, 0.2) is 0 Å². The lowest BCUT2D eigenvalue weighted by Gasteiger charge is -2.17. The minimum absolute atomic E-state index is 0.494. The molecule has 1 N–H and O–H groups in total. The van der Waals surface area contributed by atoms with Crippen LogP contribution in [0.2, 0.25) is 0 Å². The fourth-order valence-corrected chi connectivity index (χ4v) is 2.20. The van der Waals surface area contributed by atoms with Crippen molar-refractivity contribution in [2.24, 2.45) is 0 Å². The molecule has 0 aliphatic rings. The Bertz CT molecular complexity index is 254. The summed E-state index contributed by atoms with van der Waals surface area (Å²) in [5, 5.41) is 3.57. The molecule has 1 heterocycles. The quantitative estimate of drug-likeness (QED) is 0.779. The van der Waals surface area contributed by atoms with E-state index in [9.17, 15) is 0 Å². The van der Waals surface area contributed by atoms with E-state index in [1.165, 1.54) is 16.2 Å². The van der Waals surface area contributed by atoms with E-state index < -0.39 is 0 Å². The molecule has 0 spiro atoms. The number of rotatable bonds is 4. The van der Waals surface area contributed by atoms with Gasteiger partial charge in [-0.1, -0.05) is 6.92 Å². The molecular formula is C11H19NS. The predicted molar refractivity (Wildman–Crippen MR) is 60.4 cm³/mol. The molecule has 1 nitrogen and oxygen atoms in total. The van der Waals surface area contributed by atoms with E-state index >= 15 is 0 Å². The number of hydrogen-bond acceptors (Lipinski definition) is 2. The maximum Gasteiger partial charge on any atom is 0.0388 e. The summed E-state index contributed by atoms with van der Waals surface area (Å²) in [4.78, 5) is 2.84. The second-order valence-corrected chi connectivity index (χ2v) is 4.97. The minimum atomic E-state index is 0.494. The Hall–Kier alpha value is -0.340. The maximum atomic E-state index is 3.57. The Balaban J connectivity index is 2.53. The molecule has 0 aliphatic carbocycles. The van der Waals surface area contributed by atoms with Gasteiger partial charge in [-0.2, -0.15) is 0 Å². The molecule has 0 saturated heterocycles. The highest BCUT2D eigenvalue weighted by Gasteiger charge is 2.09. The minimum Gasteiger partial charge on any atom is -0.307 e. The third-order valence-electron chi connectivity index (χ3n) is 2.33. The molecule has 0 bridgehead atoms. The summed E-state index contributed by atoms with van der Waals surface area (Å²) in [5.74, 6) is 0. The first-order chi connectivity index (χ1) is 6.13. The highest BCUT2D eigenvalue weighted by atomic mass is 32.1. The van der Waals surface area contributed by atoms with E-state index in [-0.39, 0.29) is 0 Å². The molecule has 0 aliphatic heterocycles. The van der Waals surface area contributed by atoms with Crippen molar-refractivity contribution in [2.75, 3.05) is 0 Å². The Morgan fingerprint density at radius 2 is 2.08 bits per heavy atom. The summed E-state index contributed by atoms with van der Waals surface area (Å²) in [6.45, 7) is 8.84. The Morgan fingerprint density at radius 1 is 1.38 bits per heavy atom. The second-order valence-electron chi connectivity index (χ2n) is 3.65. The van der Waals surface area contributed by atoms with Crippen molar-refractivity contribution in [2.45, 2.75) is 46.2 Å². The van der Waals surface area contributed by atoms with Crippen LogP contribution in [0.4, 0.5) is 0 Å². The van der Waals surface area contributed by atoms with Gasteiger partial charge in [0.2, 0.25) is 0 Å². The Kier molecular flexibility index (Phi) is 3.94. The summed E-state index contributed by atoms with van der Waals surface area (Å²) in [6, 6.07) is 5.51. The first kappa shape index (κ1) is 10.7. The Morgan fingerprint density at radius 3 is 2.54 bits per heavy atom. The van der Waals surface area contributed by atoms with Gasteiger partial charge in [0.1, 0.15) is 0 Å². The topological polar surface area (TPSA) is 12.0 Å². The van der Waals surface area contributed by atoms with Gasteiger partial charge in [0.25, 0.3) is 0 Å². The summed E-state index contributed by atoms with van der Waals surface area (Å²) < 4.78 is 0. The number of hydrogen-bond donors (Lipinski definition) is 1. The normalized spacial score (nSPS) is 15.7. The summed E-state index contributed by atoms with van der Waals surface area (Å²) >= 11 is 1.89. The molecule has 1 aromatic rings. The smallest absolute Gasteiger partial charge is 0.0388 e. The number of nitrogens with one attached hydrogen (secondary N) is 1. The summed E-state index contributed by atoms with van der Waals surface area (Å²) in [7, 11) is 0. The van der Waals surface area contributed by atoms with E-state index in [1.54, 1.807) is 0 Å². The third-order valence-corrected chi connectivity index (χ3v) is 3.52. The second kappa shape index (κ2) is 4.77. The van der Waals surface area contributed by atoms with Crippen molar-refractivity contribution >= 4 is 11.3 Å². The summed E-state index contributed by atoms with van der Waals surface area (Å²) in [5.41, 5.74) is 0. The van der Waals surface area contributed by atoms with Crippen LogP contribution < -0.4 is 5.32 Å². The van der Waals surface area contributed by atoms with Crippen molar-refractivity contribution in [3.05, 3.63) is 21.9 Å². The first-order valence-electron chi connectivity index (χ1n) is 4.96. The molecule has 0 radical (unpaired) electrons. The van der Waals surface area contributed by atoms with Crippen LogP contribution in [0.3, 0.4) is 0 Å². The zero-order chi connectivity index (χ0) is 9.84. The van der Waals surface area contributed by atoms with Crippen molar-refractivity contribution in [1.29, 1.82) is 0 Å². The monoisotopic (exact) mass is 197 g/mol. The average molecular weight is 197 g/mol. The summed E-state index contributed by atoms with van der Waals surface area (Å²) in [6.07, 6.45) is 1.19. The molecule has 0 saturated carbocycles. The van der Waals surface area contributed by atoms with Gasteiger partial charge in [-0.3, -0.25) is 0 Å². The van der Waals surface area contributed by atoms with Crippen LogP contribution in [0.5, 0.6) is 0 Å². The van der Waals surface area contributed by atoms with E-state index in [2.05, 4.69) is 45.1 Å². The molecule has 1 aromatic heterocycles. The molecule has 13 heavy (non-hydrogen) atoms. The van der Waals surface area contributed by atoms with Gasteiger partial charge in [0.05, 0.1) is 0 Å². The zero-order valence-corrected chi connectivity index (χ0v) is 9.74. The van der Waals surface area contributed by atoms with E-state index in [1.807, 2.05) is 11.3 Å².